The van der Waals surface area contributed by atoms with E-state index in [2.05, 4.69) is 5.32 Å². The molecule has 106 valence electrons. The molecule has 1 aromatic rings. The molecule has 0 saturated heterocycles. The molecule has 0 aromatic heterocycles. The number of alkyl halides is 3. The fourth-order valence-electron chi connectivity index (χ4n) is 1.41. The Morgan fingerprint density at radius 1 is 1.32 bits per heavy atom. The van der Waals surface area contributed by atoms with Crippen molar-refractivity contribution in [2.75, 3.05) is 12.8 Å². The highest BCUT2D eigenvalue weighted by molar-refractivity contribution is 7.91. The van der Waals surface area contributed by atoms with Crippen molar-refractivity contribution in [3.63, 3.8) is 0 Å². The Hall–Kier alpha value is -1.57. The lowest BCUT2D eigenvalue weighted by atomic mass is 10.1. The van der Waals surface area contributed by atoms with Gasteiger partial charge < -0.3 is 5.32 Å². The zero-order chi connectivity index (χ0) is 14.7. The smallest absolute Gasteiger partial charge is 0.358 e. The van der Waals surface area contributed by atoms with Gasteiger partial charge in [-0.25, -0.2) is 8.42 Å². The number of halogens is 3. The third-order valence-corrected chi connectivity index (χ3v) is 3.75. The minimum Gasteiger partial charge on any atom is -0.358 e. The van der Waals surface area contributed by atoms with Crippen molar-refractivity contribution in [3.8, 4) is 0 Å². The molecule has 0 heterocycles. The predicted octanol–water partition coefficient (Wildman–Crippen LogP) is 1.37. The summed E-state index contributed by atoms with van der Waals surface area (Å²) >= 11 is 0. The minimum atomic E-state index is -4.53. The van der Waals surface area contributed by atoms with Crippen molar-refractivity contribution in [1.82, 2.24) is 5.32 Å². The molecule has 0 aliphatic carbocycles. The summed E-state index contributed by atoms with van der Waals surface area (Å²) in [5.41, 5.74) is -0.918. The number of hydrogen-bond donors (Lipinski definition) is 1. The summed E-state index contributed by atoms with van der Waals surface area (Å²) in [5.74, 6) is -2.06. The van der Waals surface area contributed by atoms with E-state index >= 15 is 0 Å². The highest BCUT2D eigenvalue weighted by Gasteiger charge is 2.30. The fraction of sp³-hybridized carbons (Fsp3) is 0.364. The van der Waals surface area contributed by atoms with E-state index in [1.54, 1.807) is 0 Å². The Labute approximate surface area is 108 Å². The van der Waals surface area contributed by atoms with Crippen LogP contribution in [-0.2, 0) is 26.6 Å². The van der Waals surface area contributed by atoms with Gasteiger partial charge in [0.05, 0.1) is 11.3 Å². The summed E-state index contributed by atoms with van der Waals surface area (Å²) in [7, 11) is -2.51. The first-order valence-electron chi connectivity index (χ1n) is 5.21. The van der Waals surface area contributed by atoms with Crippen LogP contribution in [-0.4, -0.2) is 27.1 Å². The fourth-order valence-corrected chi connectivity index (χ4v) is 2.75. The summed E-state index contributed by atoms with van der Waals surface area (Å²) in [6, 6.07) is 4.03. The maximum Gasteiger partial charge on any atom is 0.416 e. The average Bonchev–Trinajstić information content (AvgIpc) is 2.26. The molecular weight excluding hydrogens is 283 g/mol. The SMILES string of the molecule is CNC(=O)CS(=O)(=O)Cc1cccc(C(F)(F)F)c1. The van der Waals surface area contributed by atoms with Gasteiger partial charge >= 0.3 is 6.18 Å². The van der Waals surface area contributed by atoms with Gasteiger partial charge in [-0.1, -0.05) is 18.2 Å². The maximum absolute atomic E-state index is 12.5. The Morgan fingerprint density at radius 2 is 1.95 bits per heavy atom. The monoisotopic (exact) mass is 295 g/mol. The summed E-state index contributed by atoms with van der Waals surface area (Å²) in [5, 5.41) is 2.14. The number of hydrogen-bond acceptors (Lipinski definition) is 3. The van der Waals surface area contributed by atoms with Crippen LogP contribution in [0.15, 0.2) is 24.3 Å². The lowest BCUT2D eigenvalue weighted by Gasteiger charge is -2.09. The Balaban J connectivity index is 2.92. The van der Waals surface area contributed by atoms with E-state index in [9.17, 15) is 26.4 Å². The van der Waals surface area contributed by atoms with E-state index in [-0.39, 0.29) is 5.56 Å². The van der Waals surface area contributed by atoms with Crippen LogP contribution in [0.1, 0.15) is 11.1 Å². The summed E-state index contributed by atoms with van der Waals surface area (Å²) in [6.07, 6.45) is -4.53. The van der Waals surface area contributed by atoms with Gasteiger partial charge in [0.25, 0.3) is 0 Å². The van der Waals surface area contributed by atoms with Crippen LogP contribution < -0.4 is 5.32 Å². The molecule has 8 heteroatoms. The van der Waals surface area contributed by atoms with Crippen LogP contribution in [0.2, 0.25) is 0 Å². The normalized spacial score (nSPS) is 12.2. The number of rotatable bonds is 4. The van der Waals surface area contributed by atoms with E-state index in [0.29, 0.717) is 0 Å². The number of nitrogens with one attached hydrogen (secondary N) is 1. The highest BCUT2D eigenvalue weighted by Crippen LogP contribution is 2.29. The molecule has 0 saturated carbocycles. The van der Waals surface area contributed by atoms with Gasteiger partial charge in [0.1, 0.15) is 5.75 Å². The standard InChI is InChI=1S/C11H12F3NO3S/c1-15-10(16)7-19(17,18)6-8-3-2-4-9(5-8)11(12,13)14/h2-5H,6-7H2,1H3,(H,15,16). The molecule has 0 atom stereocenters. The zero-order valence-corrected chi connectivity index (χ0v) is 10.8. The molecule has 1 rings (SSSR count). The van der Waals surface area contributed by atoms with E-state index in [4.69, 9.17) is 0 Å². The summed E-state index contributed by atoms with van der Waals surface area (Å²) in [6.45, 7) is 0. The third kappa shape index (κ3) is 4.90. The first kappa shape index (κ1) is 15.5. The molecule has 0 radical (unpaired) electrons. The average molecular weight is 295 g/mol. The maximum atomic E-state index is 12.5. The molecule has 1 amide bonds. The van der Waals surface area contributed by atoms with Crippen LogP contribution in [0.4, 0.5) is 13.2 Å². The third-order valence-electron chi connectivity index (χ3n) is 2.27. The number of carbonyl (C=O) groups excluding carboxylic acids is 1. The molecule has 4 nitrogen and oxygen atoms in total. The second-order valence-corrected chi connectivity index (χ2v) is 5.97. The van der Waals surface area contributed by atoms with Gasteiger partial charge in [-0.15, -0.1) is 0 Å². The number of benzene rings is 1. The lowest BCUT2D eigenvalue weighted by Crippen LogP contribution is -2.27. The topological polar surface area (TPSA) is 63.2 Å². The van der Waals surface area contributed by atoms with Gasteiger partial charge in [-0.3, -0.25) is 4.79 Å². The molecule has 0 unspecified atom stereocenters. The molecule has 1 N–H and O–H groups in total. The molecule has 0 spiro atoms. The van der Waals surface area contributed by atoms with Crippen molar-refractivity contribution in [3.05, 3.63) is 35.4 Å². The van der Waals surface area contributed by atoms with Gasteiger partial charge in [0.2, 0.25) is 5.91 Å². The van der Waals surface area contributed by atoms with Crippen LogP contribution in [0.25, 0.3) is 0 Å². The zero-order valence-electron chi connectivity index (χ0n) is 9.99. The summed E-state index contributed by atoms with van der Waals surface area (Å²) in [4.78, 5) is 11.0. The van der Waals surface area contributed by atoms with Crippen molar-refractivity contribution in [2.45, 2.75) is 11.9 Å². The molecule has 0 aliphatic rings. The second-order valence-electron chi connectivity index (χ2n) is 3.90. The van der Waals surface area contributed by atoms with Gasteiger partial charge in [0, 0.05) is 7.05 Å². The first-order valence-corrected chi connectivity index (χ1v) is 7.03. The van der Waals surface area contributed by atoms with Gasteiger partial charge in [-0.2, -0.15) is 13.2 Å². The first-order chi connectivity index (χ1) is 8.64. The Kier molecular flexibility index (Phi) is 4.56. The Bertz CT molecular complexity index is 567. The lowest BCUT2D eigenvalue weighted by molar-refractivity contribution is -0.137. The largest absolute Gasteiger partial charge is 0.416 e. The van der Waals surface area contributed by atoms with E-state index in [1.165, 1.54) is 13.1 Å². The van der Waals surface area contributed by atoms with E-state index < -0.39 is 39.0 Å². The van der Waals surface area contributed by atoms with Crippen LogP contribution in [0, 0.1) is 0 Å². The number of sulfone groups is 1. The molecule has 0 aliphatic heterocycles. The molecule has 0 fully saturated rings. The van der Waals surface area contributed by atoms with Crippen LogP contribution in [0.3, 0.4) is 0 Å². The molecular formula is C11H12F3NO3S. The predicted molar refractivity (Wildman–Crippen MR) is 63.0 cm³/mol. The van der Waals surface area contributed by atoms with Crippen LogP contribution in [0.5, 0.6) is 0 Å². The van der Waals surface area contributed by atoms with Gasteiger partial charge in [-0.05, 0) is 11.6 Å². The molecule has 0 bridgehead atoms. The summed E-state index contributed by atoms with van der Waals surface area (Å²) < 4.78 is 60.5. The highest BCUT2D eigenvalue weighted by atomic mass is 32.2. The van der Waals surface area contributed by atoms with Crippen molar-refractivity contribution >= 4 is 15.7 Å². The van der Waals surface area contributed by atoms with Crippen molar-refractivity contribution < 1.29 is 26.4 Å². The minimum absolute atomic E-state index is 0.00118. The van der Waals surface area contributed by atoms with Gasteiger partial charge in [0.15, 0.2) is 9.84 Å². The van der Waals surface area contributed by atoms with Crippen molar-refractivity contribution in [2.24, 2.45) is 0 Å². The molecule has 19 heavy (non-hydrogen) atoms. The number of carbonyl (C=O) groups is 1. The van der Waals surface area contributed by atoms with E-state index in [0.717, 1.165) is 18.2 Å². The Morgan fingerprint density at radius 3 is 2.47 bits per heavy atom. The van der Waals surface area contributed by atoms with Crippen molar-refractivity contribution in [1.29, 1.82) is 0 Å². The molecule has 1 aromatic carbocycles. The second kappa shape index (κ2) is 5.60. The van der Waals surface area contributed by atoms with E-state index in [1.807, 2.05) is 0 Å². The van der Waals surface area contributed by atoms with Crippen LogP contribution >= 0.6 is 0 Å². The number of amides is 1. The quantitative estimate of drug-likeness (QED) is 0.912.